The summed E-state index contributed by atoms with van der Waals surface area (Å²) in [5, 5.41) is 13.0. The van der Waals surface area contributed by atoms with Crippen LogP contribution in [-0.2, 0) is 6.42 Å². The van der Waals surface area contributed by atoms with Crippen LogP contribution in [0.5, 0.6) is 0 Å². The Hall–Kier alpha value is -1.55. The predicted octanol–water partition coefficient (Wildman–Crippen LogP) is 2.87. The zero-order chi connectivity index (χ0) is 15.5. The number of piperidine rings is 1. The number of likely N-dealkylation sites (tertiary alicyclic amines) is 1. The molecule has 1 aromatic carbocycles. The van der Waals surface area contributed by atoms with Crippen molar-refractivity contribution in [3.8, 4) is 0 Å². The SMILES string of the molecule is CC(O)C1CCCN(C(=O)NC2CCCc3ccccc32)C1. The molecule has 0 spiro atoms. The molecular formula is C18H26N2O2. The van der Waals surface area contributed by atoms with Gasteiger partial charge < -0.3 is 15.3 Å². The first kappa shape index (κ1) is 15.3. The Morgan fingerprint density at radius 2 is 2.14 bits per heavy atom. The van der Waals surface area contributed by atoms with Crippen LogP contribution in [0.4, 0.5) is 4.79 Å². The van der Waals surface area contributed by atoms with Gasteiger partial charge in [0.25, 0.3) is 0 Å². The molecule has 120 valence electrons. The van der Waals surface area contributed by atoms with Crippen LogP contribution in [-0.4, -0.2) is 35.2 Å². The third-order valence-electron chi connectivity index (χ3n) is 5.09. The maximum absolute atomic E-state index is 12.6. The summed E-state index contributed by atoms with van der Waals surface area (Å²) in [5.41, 5.74) is 2.63. The molecule has 1 aliphatic carbocycles. The number of aliphatic hydroxyl groups excluding tert-OH is 1. The van der Waals surface area contributed by atoms with E-state index in [1.807, 2.05) is 17.9 Å². The van der Waals surface area contributed by atoms with E-state index in [0.29, 0.717) is 6.54 Å². The van der Waals surface area contributed by atoms with Crippen LogP contribution < -0.4 is 5.32 Å². The number of carbonyl (C=O) groups is 1. The first-order valence-electron chi connectivity index (χ1n) is 8.46. The number of amides is 2. The van der Waals surface area contributed by atoms with E-state index in [2.05, 4.69) is 23.5 Å². The predicted molar refractivity (Wildman–Crippen MR) is 86.6 cm³/mol. The van der Waals surface area contributed by atoms with Gasteiger partial charge in [-0.05, 0) is 50.2 Å². The third kappa shape index (κ3) is 3.27. The Kier molecular flexibility index (Phi) is 4.67. The number of benzene rings is 1. The molecule has 0 saturated carbocycles. The molecule has 0 aromatic heterocycles. The highest BCUT2D eigenvalue weighted by Gasteiger charge is 2.28. The summed E-state index contributed by atoms with van der Waals surface area (Å²) in [5.74, 6) is 0.207. The van der Waals surface area contributed by atoms with Crippen LogP contribution in [0.1, 0.15) is 49.8 Å². The van der Waals surface area contributed by atoms with Crippen LogP contribution in [0.25, 0.3) is 0 Å². The molecule has 1 fully saturated rings. The van der Waals surface area contributed by atoms with Crippen LogP contribution in [0.3, 0.4) is 0 Å². The van der Waals surface area contributed by atoms with Gasteiger partial charge in [-0.25, -0.2) is 4.79 Å². The number of nitrogens with one attached hydrogen (secondary N) is 1. The molecule has 3 atom stereocenters. The van der Waals surface area contributed by atoms with Crippen molar-refractivity contribution in [2.24, 2.45) is 5.92 Å². The lowest BCUT2D eigenvalue weighted by Crippen LogP contribution is -2.48. The van der Waals surface area contributed by atoms with E-state index in [0.717, 1.165) is 38.6 Å². The minimum Gasteiger partial charge on any atom is -0.393 e. The second-order valence-corrected chi connectivity index (χ2v) is 6.68. The number of hydrogen-bond acceptors (Lipinski definition) is 2. The minimum atomic E-state index is -0.342. The van der Waals surface area contributed by atoms with Gasteiger partial charge in [0.1, 0.15) is 0 Å². The molecular weight excluding hydrogens is 276 g/mol. The van der Waals surface area contributed by atoms with E-state index in [9.17, 15) is 9.90 Å². The fourth-order valence-electron chi connectivity index (χ4n) is 3.73. The fourth-order valence-corrected chi connectivity index (χ4v) is 3.73. The Balaban J connectivity index is 1.65. The highest BCUT2D eigenvalue weighted by molar-refractivity contribution is 5.75. The van der Waals surface area contributed by atoms with Crippen molar-refractivity contribution in [1.29, 1.82) is 0 Å². The molecule has 0 radical (unpaired) electrons. The molecule has 1 saturated heterocycles. The molecule has 22 heavy (non-hydrogen) atoms. The molecule has 1 heterocycles. The van der Waals surface area contributed by atoms with Crippen molar-refractivity contribution in [2.75, 3.05) is 13.1 Å². The van der Waals surface area contributed by atoms with Crippen LogP contribution in [0.15, 0.2) is 24.3 Å². The van der Waals surface area contributed by atoms with Gasteiger partial charge in [-0.3, -0.25) is 0 Å². The minimum absolute atomic E-state index is 0.0204. The van der Waals surface area contributed by atoms with Gasteiger partial charge in [0.15, 0.2) is 0 Å². The van der Waals surface area contributed by atoms with Crippen molar-refractivity contribution in [1.82, 2.24) is 10.2 Å². The summed E-state index contributed by atoms with van der Waals surface area (Å²) >= 11 is 0. The molecule has 3 rings (SSSR count). The summed E-state index contributed by atoms with van der Waals surface area (Å²) in [4.78, 5) is 14.5. The number of urea groups is 1. The summed E-state index contributed by atoms with van der Waals surface area (Å²) in [6.07, 6.45) is 4.88. The second-order valence-electron chi connectivity index (χ2n) is 6.68. The zero-order valence-corrected chi connectivity index (χ0v) is 13.3. The fraction of sp³-hybridized carbons (Fsp3) is 0.611. The van der Waals surface area contributed by atoms with E-state index < -0.39 is 0 Å². The monoisotopic (exact) mass is 302 g/mol. The molecule has 0 bridgehead atoms. The van der Waals surface area contributed by atoms with E-state index >= 15 is 0 Å². The molecule has 2 amide bonds. The van der Waals surface area contributed by atoms with Gasteiger partial charge in [-0.2, -0.15) is 0 Å². The molecule has 4 heteroatoms. The highest BCUT2D eigenvalue weighted by atomic mass is 16.3. The standard InChI is InChI=1S/C18H26N2O2/c1-13(21)15-8-5-11-20(12-15)18(22)19-17-10-4-7-14-6-2-3-9-16(14)17/h2-3,6,9,13,15,17,21H,4-5,7-8,10-12H2,1H3,(H,19,22). The van der Waals surface area contributed by atoms with Gasteiger partial charge in [-0.1, -0.05) is 24.3 Å². The molecule has 2 N–H and O–H groups in total. The summed E-state index contributed by atoms with van der Waals surface area (Å²) in [6.45, 7) is 3.28. The van der Waals surface area contributed by atoms with Crippen molar-refractivity contribution in [3.05, 3.63) is 35.4 Å². The quantitative estimate of drug-likeness (QED) is 0.882. The number of hydrogen-bond donors (Lipinski definition) is 2. The van der Waals surface area contributed by atoms with Crippen molar-refractivity contribution >= 4 is 6.03 Å². The first-order chi connectivity index (χ1) is 10.6. The Morgan fingerprint density at radius 1 is 1.32 bits per heavy atom. The average Bonchev–Trinajstić information content (AvgIpc) is 2.55. The average molecular weight is 302 g/mol. The largest absolute Gasteiger partial charge is 0.393 e. The maximum atomic E-state index is 12.6. The number of aryl methyl sites for hydroxylation is 1. The number of fused-ring (bicyclic) bond motifs is 1. The van der Waals surface area contributed by atoms with Crippen molar-refractivity contribution in [3.63, 3.8) is 0 Å². The lowest BCUT2D eigenvalue weighted by Gasteiger charge is -2.36. The summed E-state index contributed by atoms with van der Waals surface area (Å²) in [6, 6.07) is 8.57. The number of rotatable bonds is 2. The van der Waals surface area contributed by atoms with Crippen molar-refractivity contribution in [2.45, 2.75) is 51.2 Å². The second kappa shape index (κ2) is 6.69. The van der Waals surface area contributed by atoms with E-state index in [1.54, 1.807) is 0 Å². The molecule has 2 aliphatic rings. The van der Waals surface area contributed by atoms with Crippen LogP contribution in [0, 0.1) is 5.92 Å². The Bertz CT molecular complexity index is 530. The smallest absolute Gasteiger partial charge is 0.317 e. The number of nitrogens with zero attached hydrogens (tertiary/aromatic N) is 1. The molecule has 1 aromatic rings. The number of carbonyl (C=O) groups excluding carboxylic acids is 1. The normalized spacial score (nSPS) is 26.2. The summed E-state index contributed by atoms with van der Waals surface area (Å²) < 4.78 is 0. The Morgan fingerprint density at radius 3 is 2.95 bits per heavy atom. The van der Waals surface area contributed by atoms with Gasteiger partial charge in [0.05, 0.1) is 12.1 Å². The lowest BCUT2D eigenvalue weighted by molar-refractivity contribution is 0.0731. The van der Waals surface area contributed by atoms with Gasteiger partial charge >= 0.3 is 6.03 Å². The topological polar surface area (TPSA) is 52.6 Å². The maximum Gasteiger partial charge on any atom is 0.317 e. The van der Waals surface area contributed by atoms with E-state index in [-0.39, 0.29) is 24.1 Å². The Labute approximate surface area is 132 Å². The number of aliphatic hydroxyl groups is 1. The summed E-state index contributed by atoms with van der Waals surface area (Å²) in [7, 11) is 0. The van der Waals surface area contributed by atoms with Crippen molar-refractivity contribution < 1.29 is 9.90 Å². The van der Waals surface area contributed by atoms with Gasteiger partial charge in [-0.15, -0.1) is 0 Å². The van der Waals surface area contributed by atoms with E-state index in [4.69, 9.17) is 0 Å². The van der Waals surface area contributed by atoms with Gasteiger partial charge in [0, 0.05) is 19.0 Å². The highest BCUT2D eigenvalue weighted by Crippen LogP contribution is 2.30. The van der Waals surface area contributed by atoms with Gasteiger partial charge in [0.2, 0.25) is 0 Å². The van der Waals surface area contributed by atoms with Crippen LogP contribution in [0.2, 0.25) is 0 Å². The third-order valence-corrected chi connectivity index (χ3v) is 5.09. The molecule has 1 aliphatic heterocycles. The molecule has 3 unspecified atom stereocenters. The van der Waals surface area contributed by atoms with Crippen LogP contribution >= 0.6 is 0 Å². The van der Waals surface area contributed by atoms with E-state index in [1.165, 1.54) is 11.1 Å². The lowest BCUT2D eigenvalue weighted by atomic mass is 9.88. The zero-order valence-electron chi connectivity index (χ0n) is 13.3. The first-order valence-corrected chi connectivity index (χ1v) is 8.46. The molecule has 4 nitrogen and oxygen atoms in total.